The third kappa shape index (κ3) is 3.26. The highest BCUT2D eigenvalue weighted by molar-refractivity contribution is 7.86. The van der Waals surface area contributed by atoms with E-state index in [0.717, 1.165) is 33.1 Å². The number of nitrogens with one attached hydrogen (secondary N) is 1. The third-order valence-electron chi connectivity index (χ3n) is 6.80. The summed E-state index contributed by atoms with van der Waals surface area (Å²) >= 11 is 0. The second-order valence-electron chi connectivity index (χ2n) is 9.04. The molecule has 0 atom stereocenters. The number of H-pyrrole nitrogens is 1. The van der Waals surface area contributed by atoms with Crippen LogP contribution in [0.4, 0.5) is 0 Å². The normalized spacial score (nSPS) is 12.2. The van der Waals surface area contributed by atoms with Crippen LogP contribution >= 0.6 is 0 Å². The number of para-hydroxylation sites is 1. The molecule has 0 spiro atoms. The maximum Gasteiger partial charge on any atom is 0.295 e. The number of imidazole rings is 1. The average molecular weight is 523 g/mol. The lowest BCUT2D eigenvalue weighted by Crippen LogP contribution is -1.99. The van der Waals surface area contributed by atoms with E-state index in [4.69, 9.17) is 4.42 Å². The van der Waals surface area contributed by atoms with Gasteiger partial charge < -0.3 is 19.6 Å². The fraction of sp³-hybridized carbons (Fsp3) is 0. The van der Waals surface area contributed by atoms with Gasteiger partial charge in [0.25, 0.3) is 10.1 Å². The Labute approximate surface area is 215 Å². The lowest BCUT2D eigenvalue weighted by molar-refractivity contribution is 0.477. The van der Waals surface area contributed by atoms with Crippen LogP contribution in [0, 0.1) is 0 Å². The third-order valence-corrected chi connectivity index (χ3v) is 7.69. The van der Waals surface area contributed by atoms with E-state index in [0.29, 0.717) is 11.1 Å². The zero-order chi connectivity index (χ0) is 26.2. The summed E-state index contributed by atoms with van der Waals surface area (Å²) in [5.41, 5.74) is 4.15. The van der Waals surface area contributed by atoms with Crippen molar-refractivity contribution in [3.8, 4) is 34.0 Å². The quantitative estimate of drug-likeness (QED) is 0.192. The van der Waals surface area contributed by atoms with Gasteiger partial charge in [0.15, 0.2) is 0 Å². The Morgan fingerprint density at radius 1 is 0.737 bits per heavy atom. The number of aromatic hydroxyl groups is 2. The van der Waals surface area contributed by atoms with Crippen molar-refractivity contribution in [3.63, 3.8) is 0 Å². The van der Waals surface area contributed by atoms with Crippen molar-refractivity contribution in [1.82, 2.24) is 9.97 Å². The van der Waals surface area contributed by atoms with Gasteiger partial charge in [0.1, 0.15) is 38.9 Å². The molecule has 4 N–H and O–H groups in total. The van der Waals surface area contributed by atoms with E-state index >= 15 is 0 Å². The zero-order valence-electron chi connectivity index (χ0n) is 19.5. The van der Waals surface area contributed by atoms with E-state index in [1.807, 2.05) is 48.5 Å². The van der Waals surface area contributed by atoms with Gasteiger partial charge >= 0.3 is 0 Å². The van der Waals surface area contributed by atoms with Gasteiger partial charge in [-0.15, -0.1) is 0 Å². The van der Waals surface area contributed by atoms with Gasteiger partial charge in [0, 0.05) is 16.2 Å². The maximum absolute atomic E-state index is 12.1. The van der Waals surface area contributed by atoms with Crippen molar-refractivity contribution < 1.29 is 27.6 Å². The SMILES string of the molecule is O=S(=O)(O)c1cc2[nH]c(-c3ccc(-c4cccc5oc6ccccc6c45)cc3O)nc2c2c(O)cccc12. The molecule has 0 saturated carbocycles. The number of aromatic amines is 1. The Balaban J connectivity index is 1.41. The summed E-state index contributed by atoms with van der Waals surface area (Å²) in [6, 6.07) is 24.4. The van der Waals surface area contributed by atoms with Crippen LogP contribution in [0.25, 0.3) is 66.3 Å². The number of hydrogen-bond donors (Lipinski definition) is 4. The Morgan fingerprint density at radius 2 is 1.50 bits per heavy atom. The number of nitrogens with zero attached hydrogens (tertiary/aromatic N) is 1. The number of fused-ring (bicyclic) bond motifs is 6. The van der Waals surface area contributed by atoms with E-state index < -0.39 is 10.1 Å². The van der Waals surface area contributed by atoms with Crippen LogP contribution in [0.5, 0.6) is 11.5 Å². The first-order chi connectivity index (χ1) is 18.3. The molecule has 2 heterocycles. The Bertz CT molecular complexity index is 2190. The fourth-order valence-electron chi connectivity index (χ4n) is 5.14. The maximum atomic E-state index is 12.1. The van der Waals surface area contributed by atoms with Gasteiger partial charge in [-0.25, -0.2) is 4.98 Å². The molecule has 0 bridgehead atoms. The van der Waals surface area contributed by atoms with Crippen molar-refractivity contribution >= 4 is 53.9 Å². The van der Waals surface area contributed by atoms with Gasteiger partial charge in [-0.3, -0.25) is 4.55 Å². The molecule has 0 aliphatic carbocycles. The molecule has 5 aromatic carbocycles. The molecule has 186 valence electrons. The number of hydrogen-bond acceptors (Lipinski definition) is 6. The molecular weight excluding hydrogens is 504 g/mol. The van der Waals surface area contributed by atoms with Crippen LogP contribution in [0.1, 0.15) is 0 Å². The number of aromatic nitrogens is 2. The minimum atomic E-state index is -4.58. The molecular formula is C29H18N2O6S. The van der Waals surface area contributed by atoms with E-state index in [1.165, 1.54) is 24.3 Å². The summed E-state index contributed by atoms with van der Waals surface area (Å²) < 4.78 is 39.9. The number of phenolic OH excluding ortho intramolecular Hbond substituents is 2. The summed E-state index contributed by atoms with van der Waals surface area (Å²) in [4.78, 5) is 7.24. The summed E-state index contributed by atoms with van der Waals surface area (Å²) in [5, 5.41) is 23.8. The van der Waals surface area contributed by atoms with E-state index in [9.17, 15) is 23.2 Å². The minimum Gasteiger partial charge on any atom is -0.507 e. The molecule has 0 saturated heterocycles. The summed E-state index contributed by atoms with van der Waals surface area (Å²) in [7, 11) is -4.58. The molecule has 0 fully saturated rings. The first-order valence-electron chi connectivity index (χ1n) is 11.7. The highest BCUT2D eigenvalue weighted by Gasteiger charge is 2.22. The Hall–Kier alpha value is -4.86. The average Bonchev–Trinajstić information content (AvgIpc) is 3.49. The second kappa shape index (κ2) is 7.82. The first kappa shape index (κ1) is 22.3. The monoisotopic (exact) mass is 522 g/mol. The molecule has 9 heteroatoms. The number of rotatable bonds is 3. The zero-order valence-corrected chi connectivity index (χ0v) is 20.3. The van der Waals surface area contributed by atoms with Crippen LogP contribution in [0.15, 0.2) is 94.2 Å². The predicted octanol–water partition coefficient (Wildman–Crippen LogP) is 6.61. The van der Waals surface area contributed by atoms with Crippen LogP contribution in [-0.2, 0) is 10.1 Å². The molecule has 0 radical (unpaired) electrons. The largest absolute Gasteiger partial charge is 0.507 e. The standard InChI is InChI=1S/C29H18N2O6S/c32-21-8-3-7-19-25(38(34,35)36)14-20-28(27(19)21)31-29(30-20)17-12-11-15(13-22(17)33)16-6-4-10-24-26(16)18-5-1-2-9-23(18)37-24/h1-14,32-33H,(H,30,31)(H,34,35,36). The van der Waals surface area contributed by atoms with Gasteiger partial charge in [0.2, 0.25) is 0 Å². The lowest BCUT2D eigenvalue weighted by atomic mass is 9.98. The smallest absolute Gasteiger partial charge is 0.295 e. The second-order valence-corrected chi connectivity index (χ2v) is 10.4. The molecule has 7 rings (SSSR count). The summed E-state index contributed by atoms with van der Waals surface area (Å²) in [6.45, 7) is 0. The highest BCUT2D eigenvalue weighted by Crippen LogP contribution is 2.41. The van der Waals surface area contributed by atoms with Gasteiger partial charge in [0.05, 0.1) is 16.5 Å². The first-order valence-corrected chi connectivity index (χ1v) is 13.1. The van der Waals surface area contributed by atoms with Gasteiger partial charge in [-0.1, -0.05) is 48.5 Å². The van der Waals surface area contributed by atoms with Crippen LogP contribution in [0.3, 0.4) is 0 Å². The predicted molar refractivity (Wildman–Crippen MR) is 145 cm³/mol. The number of phenols is 2. The van der Waals surface area contributed by atoms with Crippen molar-refractivity contribution in [1.29, 1.82) is 0 Å². The Kier molecular flexibility index (Phi) is 4.60. The van der Waals surface area contributed by atoms with Crippen LogP contribution in [0.2, 0.25) is 0 Å². The molecule has 0 amide bonds. The summed E-state index contributed by atoms with van der Waals surface area (Å²) in [5.74, 6) is 0.0407. The fourth-order valence-corrected chi connectivity index (χ4v) is 5.86. The topological polar surface area (TPSA) is 137 Å². The number of benzene rings is 5. The van der Waals surface area contributed by atoms with Crippen molar-refractivity contribution in [2.45, 2.75) is 4.90 Å². The van der Waals surface area contributed by atoms with E-state index in [-0.39, 0.29) is 38.5 Å². The van der Waals surface area contributed by atoms with E-state index in [2.05, 4.69) is 9.97 Å². The highest BCUT2D eigenvalue weighted by atomic mass is 32.2. The van der Waals surface area contributed by atoms with Gasteiger partial charge in [-0.2, -0.15) is 8.42 Å². The number of furan rings is 1. The Morgan fingerprint density at radius 3 is 2.32 bits per heavy atom. The molecule has 38 heavy (non-hydrogen) atoms. The minimum absolute atomic E-state index is 0.0464. The molecule has 2 aromatic heterocycles. The van der Waals surface area contributed by atoms with E-state index in [1.54, 1.807) is 12.1 Å². The lowest BCUT2D eigenvalue weighted by Gasteiger charge is -2.07. The molecule has 0 unspecified atom stereocenters. The van der Waals surface area contributed by atoms with Crippen LogP contribution in [-0.4, -0.2) is 33.2 Å². The van der Waals surface area contributed by atoms with Crippen molar-refractivity contribution in [2.24, 2.45) is 0 Å². The molecule has 0 aliphatic rings. The van der Waals surface area contributed by atoms with Crippen LogP contribution < -0.4 is 0 Å². The van der Waals surface area contributed by atoms with Crippen molar-refractivity contribution in [2.75, 3.05) is 0 Å². The van der Waals surface area contributed by atoms with Crippen molar-refractivity contribution in [3.05, 3.63) is 84.9 Å². The van der Waals surface area contributed by atoms with Gasteiger partial charge in [-0.05, 0) is 47.5 Å². The molecule has 8 nitrogen and oxygen atoms in total. The molecule has 0 aliphatic heterocycles. The molecule has 7 aromatic rings. The summed E-state index contributed by atoms with van der Waals surface area (Å²) in [6.07, 6.45) is 0.